The zero-order valence-electron chi connectivity index (χ0n) is 13.7. The molecule has 3 heteroatoms. The molecule has 0 saturated heterocycles. The van der Waals surface area contributed by atoms with E-state index in [0.29, 0.717) is 22.3 Å². The number of rotatable bonds is 2. The first-order valence-corrected chi connectivity index (χ1v) is 8.14. The Balaban J connectivity index is 1.83. The third-order valence-corrected chi connectivity index (χ3v) is 4.43. The van der Waals surface area contributed by atoms with Gasteiger partial charge in [0.15, 0.2) is 0 Å². The van der Waals surface area contributed by atoms with Gasteiger partial charge in [0.25, 0.3) is 0 Å². The van der Waals surface area contributed by atoms with Gasteiger partial charge >= 0.3 is 0 Å². The van der Waals surface area contributed by atoms with E-state index in [2.05, 4.69) is 6.07 Å². The van der Waals surface area contributed by atoms with Gasteiger partial charge in [-0.1, -0.05) is 48.5 Å². The number of hydrogen-bond acceptors (Lipinski definition) is 1. The molecule has 0 aromatic heterocycles. The zero-order chi connectivity index (χ0) is 18.1. The van der Waals surface area contributed by atoms with Crippen LogP contribution in [0.4, 0.5) is 8.78 Å². The summed E-state index contributed by atoms with van der Waals surface area (Å²) in [5.74, 6) is -0.691. The van der Waals surface area contributed by atoms with Crippen LogP contribution < -0.4 is 0 Å². The maximum Gasteiger partial charge on any atom is 0.138 e. The fourth-order valence-corrected chi connectivity index (χ4v) is 3.09. The molecule has 0 fully saturated rings. The largest absolute Gasteiger partial charge is 0.207 e. The number of nitriles is 1. The number of benzene rings is 4. The first kappa shape index (κ1) is 16.0. The smallest absolute Gasteiger partial charge is 0.138 e. The fourth-order valence-electron chi connectivity index (χ4n) is 3.09. The molecule has 4 aromatic rings. The van der Waals surface area contributed by atoms with E-state index < -0.39 is 0 Å². The topological polar surface area (TPSA) is 23.8 Å². The van der Waals surface area contributed by atoms with Crippen LogP contribution in [0.15, 0.2) is 78.9 Å². The van der Waals surface area contributed by atoms with E-state index in [0.717, 1.165) is 16.3 Å². The standard InChI is InChI=1S/C23H13F2N/c24-20-10-8-16(9-11-20)21-2-1-3-22(23(21)25)19-7-6-17-12-15(14-26)4-5-18(17)13-19/h1-13H. The van der Waals surface area contributed by atoms with Gasteiger partial charge in [0.05, 0.1) is 11.6 Å². The van der Waals surface area contributed by atoms with Crippen LogP contribution in [0.3, 0.4) is 0 Å². The maximum atomic E-state index is 15.1. The van der Waals surface area contributed by atoms with E-state index in [-0.39, 0.29) is 11.6 Å². The molecule has 1 nitrogen and oxygen atoms in total. The molecule has 0 bridgehead atoms. The highest BCUT2D eigenvalue weighted by Crippen LogP contribution is 2.32. The summed E-state index contributed by atoms with van der Waals surface area (Å²) in [5, 5.41) is 10.9. The molecule has 0 aliphatic carbocycles. The van der Waals surface area contributed by atoms with Crippen LogP contribution in [-0.2, 0) is 0 Å². The predicted octanol–water partition coefficient (Wildman–Crippen LogP) is 6.32. The monoisotopic (exact) mass is 341 g/mol. The lowest BCUT2D eigenvalue weighted by Crippen LogP contribution is -1.90. The van der Waals surface area contributed by atoms with Crippen molar-refractivity contribution >= 4 is 10.8 Å². The second-order valence-corrected chi connectivity index (χ2v) is 6.06. The lowest BCUT2D eigenvalue weighted by atomic mass is 9.96. The van der Waals surface area contributed by atoms with Crippen molar-refractivity contribution in [3.63, 3.8) is 0 Å². The Labute approximate surface area is 149 Å². The van der Waals surface area contributed by atoms with Crippen LogP contribution in [0.25, 0.3) is 33.0 Å². The lowest BCUT2D eigenvalue weighted by Gasteiger charge is -2.10. The summed E-state index contributed by atoms with van der Waals surface area (Å²) in [5.41, 5.74) is 2.89. The average Bonchev–Trinajstić information content (AvgIpc) is 2.68. The Hall–Kier alpha value is -3.51. The first-order valence-electron chi connectivity index (χ1n) is 8.14. The second kappa shape index (κ2) is 6.42. The Kier molecular flexibility index (Phi) is 3.95. The van der Waals surface area contributed by atoms with Crippen LogP contribution in [-0.4, -0.2) is 0 Å². The van der Waals surface area contributed by atoms with Crippen molar-refractivity contribution in [1.29, 1.82) is 5.26 Å². The van der Waals surface area contributed by atoms with E-state index >= 15 is 4.39 Å². The third-order valence-electron chi connectivity index (χ3n) is 4.43. The Morgan fingerprint density at radius 2 is 1.27 bits per heavy atom. The minimum atomic E-state index is -0.350. The van der Waals surface area contributed by atoms with Crippen LogP contribution in [0, 0.1) is 23.0 Å². The van der Waals surface area contributed by atoms with Crippen LogP contribution in [0.5, 0.6) is 0 Å². The molecule has 0 heterocycles. The molecule has 0 atom stereocenters. The van der Waals surface area contributed by atoms with Gasteiger partial charge in [-0.05, 0) is 52.2 Å². The molecular formula is C23H13F2N. The summed E-state index contributed by atoms with van der Waals surface area (Å²) in [6.45, 7) is 0. The number of fused-ring (bicyclic) bond motifs is 1. The van der Waals surface area contributed by atoms with Crippen LogP contribution >= 0.6 is 0 Å². The normalized spacial score (nSPS) is 10.7. The molecular weight excluding hydrogens is 328 g/mol. The molecule has 0 radical (unpaired) electrons. The molecule has 26 heavy (non-hydrogen) atoms. The number of nitrogens with zero attached hydrogens (tertiary/aromatic N) is 1. The predicted molar refractivity (Wildman–Crippen MR) is 99.5 cm³/mol. The van der Waals surface area contributed by atoms with Crippen molar-refractivity contribution in [2.24, 2.45) is 0 Å². The number of halogens is 2. The average molecular weight is 341 g/mol. The fraction of sp³-hybridized carbons (Fsp3) is 0. The molecule has 0 unspecified atom stereocenters. The Bertz CT molecular complexity index is 1160. The van der Waals surface area contributed by atoms with Gasteiger partial charge in [0, 0.05) is 11.1 Å². The molecule has 0 aliphatic heterocycles. The highest BCUT2D eigenvalue weighted by molar-refractivity contribution is 5.89. The Morgan fingerprint density at radius 1 is 0.654 bits per heavy atom. The van der Waals surface area contributed by atoms with Gasteiger partial charge in [-0.25, -0.2) is 8.78 Å². The van der Waals surface area contributed by atoms with Crippen molar-refractivity contribution < 1.29 is 8.78 Å². The van der Waals surface area contributed by atoms with Gasteiger partial charge in [-0.15, -0.1) is 0 Å². The molecule has 0 N–H and O–H groups in total. The van der Waals surface area contributed by atoms with Crippen LogP contribution in [0.2, 0.25) is 0 Å². The third kappa shape index (κ3) is 2.82. The lowest BCUT2D eigenvalue weighted by molar-refractivity contribution is 0.626. The van der Waals surface area contributed by atoms with E-state index in [1.165, 1.54) is 12.1 Å². The van der Waals surface area contributed by atoms with Crippen molar-refractivity contribution in [1.82, 2.24) is 0 Å². The molecule has 0 amide bonds. The summed E-state index contributed by atoms with van der Waals surface area (Å²) >= 11 is 0. The summed E-state index contributed by atoms with van der Waals surface area (Å²) in [7, 11) is 0. The molecule has 0 aliphatic rings. The number of hydrogen-bond donors (Lipinski definition) is 0. The van der Waals surface area contributed by atoms with Gasteiger partial charge in [0.2, 0.25) is 0 Å². The van der Waals surface area contributed by atoms with Crippen molar-refractivity contribution in [2.45, 2.75) is 0 Å². The quantitative estimate of drug-likeness (QED) is 0.418. The first-order chi connectivity index (χ1) is 12.7. The molecule has 0 spiro atoms. The minimum absolute atomic E-state index is 0.341. The molecule has 0 saturated carbocycles. The zero-order valence-corrected chi connectivity index (χ0v) is 13.7. The summed E-state index contributed by atoms with van der Waals surface area (Å²) in [4.78, 5) is 0. The van der Waals surface area contributed by atoms with Gasteiger partial charge in [-0.2, -0.15) is 5.26 Å². The van der Waals surface area contributed by atoms with E-state index in [9.17, 15) is 4.39 Å². The van der Waals surface area contributed by atoms with Gasteiger partial charge in [-0.3, -0.25) is 0 Å². The van der Waals surface area contributed by atoms with Crippen LogP contribution in [0.1, 0.15) is 5.56 Å². The summed E-state index contributed by atoms with van der Waals surface area (Å²) < 4.78 is 28.3. The molecule has 4 aromatic carbocycles. The van der Waals surface area contributed by atoms with Gasteiger partial charge < -0.3 is 0 Å². The highest BCUT2D eigenvalue weighted by atomic mass is 19.1. The summed E-state index contributed by atoms with van der Waals surface area (Å²) in [6, 6.07) is 24.2. The van der Waals surface area contributed by atoms with E-state index in [1.807, 2.05) is 30.3 Å². The second-order valence-electron chi connectivity index (χ2n) is 6.06. The van der Waals surface area contributed by atoms with Crippen molar-refractivity contribution in [3.8, 4) is 28.3 Å². The van der Waals surface area contributed by atoms with Crippen molar-refractivity contribution in [2.75, 3.05) is 0 Å². The highest BCUT2D eigenvalue weighted by Gasteiger charge is 2.12. The molecule has 4 rings (SSSR count). The van der Waals surface area contributed by atoms with Crippen molar-refractivity contribution in [3.05, 3.63) is 96.1 Å². The van der Waals surface area contributed by atoms with Gasteiger partial charge in [0.1, 0.15) is 11.6 Å². The maximum absolute atomic E-state index is 15.1. The molecule has 124 valence electrons. The Morgan fingerprint density at radius 3 is 2.00 bits per heavy atom. The minimum Gasteiger partial charge on any atom is -0.207 e. The summed E-state index contributed by atoms with van der Waals surface area (Å²) in [6.07, 6.45) is 0. The van der Waals surface area contributed by atoms with E-state index in [1.54, 1.807) is 36.4 Å². The SMILES string of the molecule is N#Cc1ccc2cc(-c3cccc(-c4ccc(F)cc4)c3F)ccc2c1. The van der Waals surface area contributed by atoms with E-state index in [4.69, 9.17) is 5.26 Å².